The number of aryl methyl sites for hydroxylation is 1. The molecule has 0 saturated heterocycles. The Kier molecular flexibility index (Phi) is 9.63. The highest BCUT2D eigenvalue weighted by Gasteiger charge is 2.12. The number of halogens is 3. The SMILES string of the molecule is COc1cc(CNCCc2ccccc2F)cc(Br)c1OCc1ccc(C)cc1.Cl. The summed E-state index contributed by atoms with van der Waals surface area (Å²) in [6.07, 6.45) is 0.642. The van der Waals surface area contributed by atoms with Gasteiger partial charge in [0.2, 0.25) is 0 Å². The van der Waals surface area contributed by atoms with Crippen LogP contribution in [0, 0.1) is 12.7 Å². The van der Waals surface area contributed by atoms with Gasteiger partial charge in [0.1, 0.15) is 12.4 Å². The molecule has 0 aliphatic carbocycles. The van der Waals surface area contributed by atoms with E-state index in [0.717, 1.165) is 21.2 Å². The summed E-state index contributed by atoms with van der Waals surface area (Å²) >= 11 is 3.60. The van der Waals surface area contributed by atoms with Crippen LogP contribution in [0.15, 0.2) is 65.1 Å². The quantitative estimate of drug-likeness (QED) is 0.357. The second kappa shape index (κ2) is 11.9. The highest BCUT2D eigenvalue weighted by molar-refractivity contribution is 9.10. The van der Waals surface area contributed by atoms with E-state index in [9.17, 15) is 4.39 Å². The van der Waals surface area contributed by atoms with E-state index in [4.69, 9.17) is 9.47 Å². The fraction of sp³-hybridized carbons (Fsp3) is 0.250. The van der Waals surface area contributed by atoms with Crippen LogP contribution in [0.25, 0.3) is 0 Å². The number of hydrogen-bond donors (Lipinski definition) is 1. The van der Waals surface area contributed by atoms with E-state index in [-0.39, 0.29) is 18.2 Å². The van der Waals surface area contributed by atoms with E-state index in [1.54, 1.807) is 13.2 Å². The van der Waals surface area contributed by atoms with Crippen LogP contribution >= 0.6 is 28.3 Å². The number of benzene rings is 3. The van der Waals surface area contributed by atoms with Crippen molar-refractivity contribution in [2.45, 2.75) is 26.5 Å². The molecule has 1 N–H and O–H groups in total. The Morgan fingerprint density at radius 2 is 1.73 bits per heavy atom. The van der Waals surface area contributed by atoms with Crippen LogP contribution in [0.2, 0.25) is 0 Å². The molecule has 3 nitrogen and oxygen atoms in total. The molecule has 0 saturated carbocycles. The van der Waals surface area contributed by atoms with E-state index in [2.05, 4.69) is 52.4 Å². The van der Waals surface area contributed by atoms with E-state index < -0.39 is 0 Å². The van der Waals surface area contributed by atoms with Crippen LogP contribution in [0.4, 0.5) is 4.39 Å². The smallest absolute Gasteiger partial charge is 0.175 e. The van der Waals surface area contributed by atoms with Crippen LogP contribution in [0.1, 0.15) is 22.3 Å². The molecule has 6 heteroatoms. The molecule has 30 heavy (non-hydrogen) atoms. The monoisotopic (exact) mass is 493 g/mol. The Balaban J connectivity index is 0.00000320. The first-order chi connectivity index (χ1) is 14.1. The summed E-state index contributed by atoms with van der Waals surface area (Å²) in [6, 6.07) is 19.1. The van der Waals surface area contributed by atoms with E-state index in [1.807, 2.05) is 24.3 Å². The molecule has 3 rings (SSSR count). The first-order valence-electron chi connectivity index (χ1n) is 9.55. The molecule has 160 valence electrons. The zero-order valence-electron chi connectivity index (χ0n) is 17.1. The van der Waals surface area contributed by atoms with Gasteiger partial charge in [-0.3, -0.25) is 0 Å². The molecule has 0 aliphatic rings. The van der Waals surface area contributed by atoms with Crippen molar-refractivity contribution in [3.63, 3.8) is 0 Å². The molecule has 0 atom stereocenters. The molecular formula is C24H26BrClFNO2. The normalized spacial score (nSPS) is 10.4. The van der Waals surface area contributed by atoms with Gasteiger partial charge < -0.3 is 14.8 Å². The molecular weight excluding hydrogens is 469 g/mol. The summed E-state index contributed by atoms with van der Waals surface area (Å²) in [4.78, 5) is 0. The van der Waals surface area contributed by atoms with Crippen molar-refractivity contribution in [2.24, 2.45) is 0 Å². The van der Waals surface area contributed by atoms with Gasteiger partial charge in [0, 0.05) is 6.54 Å². The fourth-order valence-corrected chi connectivity index (χ4v) is 3.62. The number of rotatable bonds is 9. The minimum absolute atomic E-state index is 0. The van der Waals surface area contributed by atoms with Crippen molar-refractivity contribution in [3.8, 4) is 11.5 Å². The molecule has 0 heterocycles. The molecule has 0 bridgehead atoms. The van der Waals surface area contributed by atoms with Crippen molar-refractivity contribution < 1.29 is 13.9 Å². The van der Waals surface area contributed by atoms with Gasteiger partial charge in [-0.1, -0.05) is 48.0 Å². The topological polar surface area (TPSA) is 30.5 Å². The summed E-state index contributed by atoms with van der Waals surface area (Å²) in [5.74, 6) is 1.20. The van der Waals surface area contributed by atoms with Gasteiger partial charge in [-0.25, -0.2) is 4.39 Å². The second-order valence-electron chi connectivity index (χ2n) is 6.90. The Bertz CT molecular complexity index is 950. The van der Waals surface area contributed by atoms with Crippen LogP contribution in [0.3, 0.4) is 0 Å². The third-order valence-corrected chi connectivity index (χ3v) is 5.24. The lowest BCUT2D eigenvalue weighted by Gasteiger charge is -2.15. The molecule has 0 amide bonds. The van der Waals surface area contributed by atoms with Crippen molar-refractivity contribution in [1.29, 1.82) is 0 Å². The Labute approximate surface area is 192 Å². The largest absolute Gasteiger partial charge is 0.493 e. The number of ether oxygens (including phenoxy) is 2. The Morgan fingerprint density at radius 3 is 2.43 bits per heavy atom. The maximum absolute atomic E-state index is 13.7. The zero-order valence-corrected chi connectivity index (χ0v) is 19.5. The summed E-state index contributed by atoms with van der Waals surface area (Å²) in [5.41, 5.74) is 4.10. The van der Waals surface area contributed by atoms with Crippen LogP contribution in [-0.2, 0) is 19.6 Å². The zero-order chi connectivity index (χ0) is 20.6. The maximum atomic E-state index is 13.7. The van der Waals surface area contributed by atoms with Gasteiger partial charge in [-0.05, 0) is 70.7 Å². The lowest BCUT2D eigenvalue weighted by atomic mass is 10.1. The average molecular weight is 495 g/mol. The lowest BCUT2D eigenvalue weighted by Crippen LogP contribution is -2.17. The Morgan fingerprint density at radius 1 is 1.00 bits per heavy atom. The first-order valence-corrected chi connectivity index (χ1v) is 10.3. The predicted molar refractivity (Wildman–Crippen MR) is 125 cm³/mol. The summed E-state index contributed by atoms with van der Waals surface area (Å²) in [5, 5.41) is 3.35. The summed E-state index contributed by atoms with van der Waals surface area (Å²) < 4.78 is 26.1. The molecule has 0 unspecified atom stereocenters. The lowest BCUT2D eigenvalue weighted by molar-refractivity contribution is 0.282. The fourth-order valence-electron chi connectivity index (χ4n) is 3.01. The maximum Gasteiger partial charge on any atom is 0.175 e. The third-order valence-electron chi connectivity index (χ3n) is 4.65. The van der Waals surface area contributed by atoms with Crippen molar-refractivity contribution >= 4 is 28.3 Å². The van der Waals surface area contributed by atoms with Gasteiger partial charge in [0.15, 0.2) is 11.5 Å². The molecule has 0 aromatic heterocycles. The van der Waals surface area contributed by atoms with Gasteiger partial charge >= 0.3 is 0 Å². The van der Waals surface area contributed by atoms with E-state index >= 15 is 0 Å². The number of methoxy groups -OCH3 is 1. The molecule has 0 fully saturated rings. The Hall–Kier alpha value is -2.08. The average Bonchev–Trinajstić information content (AvgIpc) is 2.72. The molecule has 0 spiro atoms. The summed E-state index contributed by atoms with van der Waals surface area (Å²) in [7, 11) is 1.63. The first kappa shape index (κ1) is 24.2. The van der Waals surface area contributed by atoms with Crippen molar-refractivity contribution in [3.05, 3.63) is 93.2 Å². The van der Waals surface area contributed by atoms with Gasteiger partial charge in [0.05, 0.1) is 11.6 Å². The van der Waals surface area contributed by atoms with Crippen LogP contribution in [0.5, 0.6) is 11.5 Å². The van der Waals surface area contributed by atoms with Crippen molar-refractivity contribution in [2.75, 3.05) is 13.7 Å². The summed E-state index contributed by atoms with van der Waals surface area (Å²) in [6.45, 7) is 3.87. The molecule has 3 aromatic carbocycles. The third kappa shape index (κ3) is 6.73. The van der Waals surface area contributed by atoms with Gasteiger partial charge in [-0.15, -0.1) is 12.4 Å². The second-order valence-corrected chi connectivity index (χ2v) is 7.76. The number of nitrogens with one attached hydrogen (secondary N) is 1. The standard InChI is InChI=1S/C24H25BrFNO2.ClH/c1-17-7-9-18(10-8-17)16-29-24-21(25)13-19(14-23(24)28-2)15-27-12-11-20-5-3-4-6-22(20)26;/h3-10,13-14,27H,11-12,15-16H2,1-2H3;1H. The predicted octanol–water partition coefficient (Wildman–Crippen LogP) is 6.24. The van der Waals surface area contributed by atoms with E-state index in [1.165, 1.54) is 11.6 Å². The molecule has 0 aliphatic heterocycles. The van der Waals surface area contributed by atoms with Crippen LogP contribution in [-0.4, -0.2) is 13.7 Å². The van der Waals surface area contributed by atoms with Gasteiger partial charge in [-0.2, -0.15) is 0 Å². The van der Waals surface area contributed by atoms with E-state index in [0.29, 0.717) is 37.6 Å². The van der Waals surface area contributed by atoms with Crippen molar-refractivity contribution in [1.82, 2.24) is 5.32 Å². The van der Waals surface area contributed by atoms with Gasteiger partial charge in [0.25, 0.3) is 0 Å². The minimum atomic E-state index is -0.159. The number of hydrogen-bond acceptors (Lipinski definition) is 3. The van der Waals surface area contributed by atoms with Crippen LogP contribution < -0.4 is 14.8 Å². The highest BCUT2D eigenvalue weighted by atomic mass is 79.9. The highest BCUT2D eigenvalue weighted by Crippen LogP contribution is 2.37. The molecule has 3 aromatic rings. The minimum Gasteiger partial charge on any atom is -0.493 e. The molecule has 0 radical (unpaired) electrons.